The molecule has 0 spiro atoms. The fourth-order valence-corrected chi connectivity index (χ4v) is 2.34. The summed E-state index contributed by atoms with van der Waals surface area (Å²) in [5.74, 6) is 0.654. The number of fused-ring (bicyclic) bond motifs is 1. The number of benzene rings is 1. The summed E-state index contributed by atoms with van der Waals surface area (Å²) in [4.78, 5) is 0. The molecule has 1 aliphatic rings. The van der Waals surface area contributed by atoms with E-state index in [1.165, 1.54) is 0 Å². The average Bonchev–Trinajstić information content (AvgIpc) is 2.47. The van der Waals surface area contributed by atoms with Gasteiger partial charge in [-0.25, -0.2) is 0 Å². The molecule has 1 aliphatic heterocycles. The van der Waals surface area contributed by atoms with E-state index in [0.29, 0.717) is 18.8 Å². The third kappa shape index (κ3) is 3.62. The summed E-state index contributed by atoms with van der Waals surface area (Å²) in [7, 11) is 0. The predicted octanol–water partition coefficient (Wildman–Crippen LogP) is 3.81. The number of nitrogens with one attached hydrogen (secondary N) is 1. The van der Waals surface area contributed by atoms with Crippen LogP contribution in [0.1, 0.15) is 24.4 Å². The van der Waals surface area contributed by atoms with E-state index in [9.17, 15) is 13.2 Å². The van der Waals surface area contributed by atoms with E-state index in [0.717, 1.165) is 16.5 Å². The summed E-state index contributed by atoms with van der Waals surface area (Å²) < 4.78 is 43.2. The van der Waals surface area contributed by atoms with Gasteiger partial charge in [-0.05, 0) is 25.0 Å². The van der Waals surface area contributed by atoms with Crippen LogP contribution in [0.5, 0.6) is 5.75 Å². The van der Waals surface area contributed by atoms with Crippen molar-refractivity contribution in [2.45, 2.75) is 25.1 Å². The quantitative estimate of drug-likeness (QED) is 0.893. The fourth-order valence-electron chi connectivity index (χ4n) is 2.00. The average molecular weight is 324 g/mol. The van der Waals surface area contributed by atoms with Gasteiger partial charge in [0.05, 0.1) is 13.2 Å². The van der Waals surface area contributed by atoms with Gasteiger partial charge in [0, 0.05) is 16.1 Å². The summed E-state index contributed by atoms with van der Waals surface area (Å²) in [6.07, 6.45) is -2.81. The van der Waals surface area contributed by atoms with Crippen molar-refractivity contribution in [1.82, 2.24) is 5.32 Å². The lowest BCUT2D eigenvalue weighted by molar-refractivity contribution is -0.126. The van der Waals surface area contributed by atoms with E-state index in [1.54, 1.807) is 12.1 Å². The Kier molecular flexibility index (Phi) is 4.17. The van der Waals surface area contributed by atoms with Crippen LogP contribution >= 0.6 is 15.9 Å². The lowest BCUT2D eigenvalue weighted by atomic mass is 10.0. The van der Waals surface area contributed by atoms with Crippen molar-refractivity contribution in [2.24, 2.45) is 0 Å². The standard InChI is InChI=1S/C12H13BrF3NO/c13-8-3-4-9-10(17-7-12(14,15)16)2-1-5-18-11(9)6-8/h3-4,6,10,17H,1-2,5,7H2. The van der Waals surface area contributed by atoms with Crippen molar-refractivity contribution in [3.05, 3.63) is 28.2 Å². The minimum absolute atomic E-state index is 0.308. The van der Waals surface area contributed by atoms with Crippen LogP contribution in [-0.4, -0.2) is 19.3 Å². The summed E-state index contributed by atoms with van der Waals surface area (Å²) >= 11 is 3.33. The second-order valence-corrected chi connectivity index (χ2v) is 5.14. The molecule has 0 aromatic heterocycles. The normalized spacial score (nSPS) is 19.9. The Bertz CT molecular complexity index is 422. The third-order valence-corrected chi connectivity index (χ3v) is 3.29. The molecule has 100 valence electrons. The smallest absolute Gasteiger partial charge is 0.401 e. The summed E-state index contributed by atoms with van der Waals surface area (Å²) in [6.45, 7) is -0.444. The first-order valence-corrected chi connectivity index (χ1v) is 6.47. The number of rotatable bonds is 2. The molecule has 1 aromatic carbocycles. The van der Waals surface area contributed by atoms with E-state index in [2.05, 4.69) is 21.2 Å². The minimum Gasteiger partial charge on any atom is -0.493 e. The lowest BCUT2D eigenvalue weighted by Gasteiger charge is -2.19. The van der Waals surface area contributed by atoms with Gasteiger partial charge in [0.25, 0.3) is 0 Å². The topological polar surface area (TPSA) is 21.3 Å². The van der Waals surface area contributed by atoms with E-state index >= 15 is 0 Å². The van der Waals surface area contributed by atoms with Crippen molar-refractivity contribution >= 4 is 15.9 Å². The second-order valence-electron chi connectivity index (χ2n) is 4.22. The molecule has 1 N–H and O–H groups in total. The van der Waals surface area contributed by atoms with E-state index in [-0.39, 0.29) is 6.04 Å². The Hall–Kier alpha value is -0.750. The summed E-state index contributed by atoms with van der Waals surface area (Å²) in [5, 5.41) is 2.56. The van der Waals surface area contributed by atoms with Gasteiger partial charge in [-0.1, -0.05) is 22.0 Å². The first-order valence-electron chi connectivity index (χ1n) is 5.68. The maximum absolute atomic E-state index is 12.3. The number of halogens is 4. The lowest BCUT2D eigenvalue weighted by Crippen LogP contribution is -2.32. The number of hydrogen-bond donors (Lipinski definition) is 1. The molecule has 1 atom stereocenters. The van der Waals surface area contributed by atoms with Crippen LogP contribution < -0.4 is 10.1 Å². The van der Waals surface area contributed by atoms with Gasteiger partial charge in [0.1, 0.15) is 5.75 Å². The maximum atomic E-state index is 12.3. The molecule has 2 rings (SSSR count). The SMILES string of the molecule is FC(F)(F)CNC1CCCOc2cc(Br)ccc21. The Morgan fingerprint density at radius 1 is 1.39 bits per heavy atom. The highest BCUT2D eigenvalue weighted by Gasteiger charge is 2.29. The molecule has 0 saturated carbocycles. The molecule has 0 aliphatic carbocycles. The first-order chi connectivity index (χ1) is 8.46. The molecule has 1 heterocycles. The molecule has 6 heteroatoms. The van der Waals surface area contributed by atoms with Crippen LogP contribution in [0.15, 0.2) is 22.7 Å². The highest BCUT2D eigenvalue weighted by molar-refractivity contribution is 9.10. The van der Waals surface area contributed by atoms with Crippen LogP contribution in [0.3, 0.4) is 0 Å². The highest BCUT2D eigenvalue weighted by atomic mass is 79.9. The molecule has 1 aromatic rings. The van der Waals surface area contributed by atoms with Gasteiger partial charge in [0.15, 0.2) is 0 Å². The van der Waals surface area contributed by atoms with Gasteiger partial charge < -0.3 is 10.1 Å². The van der Waals surface area contributed by atoms with Crippen molar-refractivity contribution in [3.8, 4) is 5.75 Å². The van der Waals surface area contributed by atoms with Gasteiger partial charge in [0.2, 0.25) is 0 Å². The van der Waals surface area contributed by atoms with Crippen molar-refractivity contribution in [1.29, 1.82) is 0 Å². The second kappa shape index (κ2) is 5.48. The molecule has 0 amide bonds. The predicted molar refractivity (Wildman–Crippen MR) is 65.7 cm³/mol. The van der Waals surface area contributed by atoms with Gasteiger partial charge >= 0.3 is 6.18 Å². The van der Waals surface area contributed by atoms with Crippen molar-refractivity contribution < 1.29 is 17.9 Å². The van der Waals surface area contributed by atoms with Crippen LogP contribution in [-0.2, 0) is 0 Å². The zero-order valence-corrected chi connectivity index (χ0v) is 11.1. The van der Waals surface area contributed by atoms with Gasteiger partial charge in [-0.15, -0.1) is 0 Å². The van der Waals surface area contributed by atoms with Crippen LogP contribution in [0.2, 0.25) is 0 Å². The van der Waals surface area contributed by atoms with Gasteiger partial charge in [-0.3, -0.25) is 0 Å². The Morgan fingerprint density at radius 2 is 2.17 bits per heavy atom. The molecule has 2 nitrogen and oxygen atoms in total. The monoisotopic (exact) mass is 323 g/mol. The minimum atomic E-state index is -4.19. The zero-order valence-electron chi connectivity index (χ0n) is 9.56. The molecule has 0 radical (unpaired) electrons. The number of hydrogen-bond acceptors (Lipinski definition) is 2. The maximum Gasteiger partial charge on any atom is 0.401 e. The molecule has 1 unspecified atom stereocenters. The molecular weight excluding hydrogens is 311 g/mol. The van der Waals surface area contributed by atoms with E-state index in [1.807, 2.05) is 6.07 Å². The fraction of sp³-hybridized carbons (Fsp3) is 0.500. The highest BCUT2D eigenvalue weighted by Crippen LogP contribution is 2.34. The number of ether oxygens (including phenoxy) is 1. The summed E-state index contributed by atoms with van der Waals surface area (Å²) in [5.41, 5.74) is 0.792. The largest absolute Gasteiger partial charge is 0.493 e. The zero-order chi connectivity index (χ0) is 13.2. The Morgan fingerprint density at radius 3 is 2.89 bits per heavy atom. The van der Waals surface area contributed by atoms with Crippen molar-refractivity contribution in [2.75, 3.05) is 13.2 Å². The molecular formula is C12H13BrF3NO. The Balaban J connectivity index is 2.17. The third-order valence-electron chi connectivity index (χ3n) is 2.79. The molecule has 0 fully saturated rings. The molecule has 0 saturated heterocycles. The molecule has 0 bridgehead atoms. The van der Waals surface area contributed by atoms with Crippen LogP contribution in [0.25, 0.3) is 0 Å². The van der Waals surface area contributed by atoms with E-state index in [4.69, 9.17) is 4.74 Å². The first kappa shape index (κ1) is 13.7. The number of alkyl halides is 3. The molecule has 18 heavy (non-hydrogen) atoms. The van der Waals surface area contributed by atoms with Gasteiger partial charge in [-0.2, -0.15) is 13.2 Å². The van der Waals surface area contributed by atoms with Crippen molar-refractivity contribution in [3.63, 3.8) is 0 Å². The Labute approximate surface area is 112 Å². The van der Waals surface area contributed by atoms with Crippen LogP contribution in [0, 0.1) is 0 Å². The summed E-state index contributed by atoms with van der Waals surface area (Å²) in [6, 6.07) is 5.11. The van der Waals surface area contributed by atoms with E-state index < -0.39 is 12.7 Å². The van der Waals surface area contributed by atoms with Crippen LogP contribution in [0.4, 0.5) is 13.2 Å².